The van der Waals surface area contributed by atoms with E-state index in [0.29, 0.717) is 18.3 Å². The number of hydrogen-bond acceptors (Lipinski definition) is 2. The monoisotopic (exact) mass is 366 g/mol. The molecule has 0 saturated carbocycles. The Balaban J connectivity index is 2.41. The molecule has 3 nitrogen and oxygen atoms in total. The second kappa shape index (κ2) is 8.71. The van der Waals surface area contributed by atoms with Crippen LogP contribution in [-0.2, 0) is 10.2 Å². The van der Waals surface area contributed by atoms with Gasteiger partial charge in [0.25, 0.3) is 0 Å². The summed E-state index contributed by atoms with van der Waals surface area (Å²) in [5, 5.41) is 0. The topological polar surface area (TPSA) is 69.1 Å². The van der Waals surface area contributed by atoms with Crippen molar-refractivity contribution in [3.63, 3.8) is 0 Å². The summed E-state index contributed by atoms with van der Waals surface area (Å²) >= 11 is 0. The summed E-state index contributed by atoms with van der Waals surface area (Å²) in [5.74, 6) is 0.430. The van der Waals surface area contributed by atoms with Gasteiger partial charge >= 0.3 is 0 Å². The lowest BCUT2D eigenvalue weighted by atomic mass is 9.68. The first-order valence-corrected chi connectivity index (χ1v) is 9.95. The average Bonchev–Trinajstić information content (AvgIpc) is 2.66. The Hall–Kier alpha value is -2.13. The average molecular weight is 367 g/mol. The van der Waals surface area contributed by atoms with Gasteiger partial charge in [0, 0.05) is 5.54 Å². The van der Waals surface area contributed by atoms with Crippen LogP contribution in [0.25, 0.3) is 0 Å². The maximum Gasteiger partial charge on any atom is 0.232 e. The van der Waals surface area contributed by atoms with E-state index in [4.69, 9.17) is 11.5 Å². The van der Waals surface area contributed by atoms with Crippen LogP contribution in [0.15, 0.2) is 60.7 Å². The Morgan fingerprint density at radius 3 is 1.56 bits per heavy atom. The Morgan fingerprint density at radius 2 is 1.22 bits per heavy atom. The highest BCUT2D eigenvalue weighted by Crippen LogP contribution is 2.39. The van der Waals surface area contributed by atoms with Crippen LogP contribution in [0.1, 0.15) is 58.1 Å². The maximum atomic E-state index is 12.8. The third-order valence-corrected chi connectivity index (χ3v) is 6.27. The zero-order valence-corrected chi connectivity index (χ0v) is 17.1. The molecule has 0 heterocycles. The zero-order chi connectivity index (χ0) is 20.1. The van der Waals surface area contributed by atoms with Gasteiger partial charge in [-0.1, -0.05) is 88.4 Å². The van der Waals surface area contributed by atoms with E-state index >= 15 is 0 Å². The largest absolute Gasteiger partial charge is 0.369 e. The number of nitrogens with two attached hydrogens (primary N) is 2. The minimum atomic E-state index is -0.836. The third kappa shape index (κ3) is 4.24. The fourth-order valence-electron chi connectivity index (χ4n) is 4.21. The molecule has 2 aromatic rings. The Kier molecular flexibility index (Phi) is 6.83. The minimum Gasteiger partial charge on any atom is -0.369 e. The summed E-state index contributed by atoms with van der Waals surface area (Å²) in [6.45, 7) is 8.71. The van der Waals surface area contributed by atoms with Crippen LogP contribution in [0.3, 0.4) is 0 Å². The first kappa shape index (κ1) is 21.2. The van der Waals surface area contributed by atoms with Gasteiger partial charge in [-0.2, -0.15) is 0 Å². The number of benzene rings is 2. The van der Waals surface area contributed by atoms with Gasteiger partial charge in [-0.15, -0.1) is 0 Å². The van der Waals surface area contributed by atoms with Gasteiger partial charge < -0.3 is 11.5 Å². The van der Waals surface area contributed by atoms with E-state index in [2.05, 4.69) is 27.7 Å². The van der Waals surface area contributed by atoms with E-state index in [-0.39, 0.29) is 11.4 Å². The molecule has 0 spiro atoms. The number of carbonyl (C=O) groups is 1. The van der Waals surface area contributed by atoms with Gasteiger partial charge in [-0.05, 0) is 42.2 Å². The Bertz CT molecular complexity index is 675. The summed E-state index contributed by atoms with van der Waals surface area (Å²) in [7, 11) is 0. The van der Waals surface area contributed by atoms with E-state index < -0.39 is 5.41 Å². The van der Waals surface area contributed by atoms with Gasteiger partial charge in [-0.3, -0.25) is 4.79 Å². The maximum absolute atomic E-state index is 12.8. The molecule has 0 radical (unpaired) electrons. The van der Waals surface area contributed by atoms with Crippen molar-refractivity contribution in [2.24, 2.45) is 23.3 Å². The van der Waals surface area contributed by atoms with Gasteiger partial charge in [0.2, 0.25) is 5.91 Å². The summed E-state index contributed by atoms with van der Waals surface area (Å²) in [5.41, 5.74) is 13.6. The molecule has 0 fully saturated rings. The second-order valence-electron chi connectivity index (χ2n) is 8.28. The summed E-state index contributed by atoms with van der Waals surface area (Å²) in [6, 6.07) is 19.8. The van der Waals surface area contributed by atoms with Crippen LogP contribution in [-0.4, -0.2) is 11.4 Å². The first-order chi connectivity index (χ1) is 12.7. The first-order valence-electron chi connectivity index (χ1n) is 9.95. The van der Waals surface area contributed by atoms with Crippen molar-refractivity contribution in [2.45, 2.75) is 57.9 Å². The minimum absolute atomic E-state index is 0.253. The molecule has 2 rings (SSSR count). The predicted molar refractivity (Wildman–Crippen MR) is 113 cm³/mol. The van der Waals surface area contributed by atoms with Crippen molar-refractivity contribution in [1.82, 2.24) is 0 Å². The normalized spacial score (nSPS) is 12.6. The van der Waals surface area contributed by atoms with Gasteiger partial charge in [-0.25, -0.2) is 0 Å². The van der Waals surface area contributed by atoms with Crippen LogP contribution in [0, 0.1) is 11.8 Å². The van der Waals surface area contributed by atoms with Crippen molar-refractivity contribution < 1.29 is 4.79 Å². The zero-order valence-electron chi connectivity index (χ0n) is 17.1. The molecule has 0 aliphatic rings. The highest BCUT2D eigenvalue weighted by Gasteiger charge is 2.41. The highest BCUT2D eigenvalue weighted by atomic mass is 16.1. The molecule has 4 N–H and O–H groups in total. The highest BCUT2D eigenvalue weighted by molar-refractivity contribution is 5.90. The lowest BCUT2D eigenvalue weighted by molar-refractivity contribution is -0.122. The molecular formula is C24H34N2O. The van der Waals surface area contributed by atoms with Crippen LogP contribution >= 0.6 is 0 Å². The molecule has 0 bridgehead atoms. The summed E-state index contributed by atoms with van der Waals surface area (Å²) in [6.07, 6.45) is 2.34. The second-order valence-corrected chi connectivity index (χ2v) is 8.28. The van der Waals surface area contributed by atoms with E-state index in [0.717, 1.165) is 24.0 Å². The number of carbonyl (C=O) groups excluding carboxylic acids is 1. The molecule has 0 atom stereocenters. The smallest absolute Gasteiger partial charge is 0.232 e. The van der Waals surface area contributed by atoms with Crippen molar-refractivity contribution in [3.8, 4) is 0 Å². The molecular weight excluding hydrogens is 332 g/mol. The molecule has 0 saturated heterocycles. The lowest BCUT2D eigenvalue weighted by Gasteiger charge is -2.39. The third-order valence-electron chi connectivity index (χ3n) is 6.27. The van der Waals surface area contributed by atoms with Gasteiger partial charge in [0.15, 0.2) is 0 Å². The van der Waals surface area contributed by atoms with Gasteiger partial charge in [0.05, 0.1) is 5.41 Å². The molecule has 27 heavy (non-hydrogen) atoms. The predicted octanol–water partition coefficient (Wildman–Crippen LogP) is 4.64. The van der Waals surface area contributed by atoms with E-state index in [1.165, 1.54) is 0 Å². The van der Waals surface area contributed by atoms with E-state index in [9.17, 15) is 4.79 Å². The number of primary amides is 1. The number of hydrogen-bond donors (Lipinski definition) is 2. The molecule has 3 heteroatoms. The van der Waals surface area contributed by atoms with E-state index in [1.807, 2.05) is 60.7 Å². The van der Waals surface area contributed by atoms with Crippen LogP contribution in [0.5, 0.6) is 0 Å². The fourth-order valence-corrected chi connectivity index (χ4v) is 4.21. The van der Waals surface area contributed by atoms with Crippen molar-refractivity contribution in [3.05, 3.63) is 71.8 Å². The molecule has 0 aliphatic carbocycles. The molecule has 1 amide bonds. The van der Waals surface area contributed by atoms with Crippen molar-refractivity contribution in [1.29, 1.82) is 0 Å². The van der Waals surface area contributed by atoms with Crippen LogP contribution in [0.4, 0.5) is 0 Å². The summed E-state index contributed by atoms with van der Waals surface area (Å²) in [4.78, 5) is 12.8. The Labute approximate surface area is 164 Å². The van der Waals surface area contributed by atoms with Crippen molar-refractivity contribution >= 4 is 5.91 Å². The lowest BCUT2D eigenvalue weighted by Crippen LogP contribution is -2.50. The number of amides is 1. The Morgan fingerprint density at radius 1 is 0.815 bits per heavy atom. The summed E-state index contributed by atoms with van der Waals surface area (Å²) < 4.78 is 0. The van der Waals surface area contributed by atoms with Crippen LogP contribution in [0.2, 0.25) is 0 Å². The molecule has 2 aromatic carbocycles. The van der Waals surface area contributed by atoms with Gasteiger partial charge in [0.1, 0.15) is 0 Å². The van der Waals surface area contributed by atoms with Crippen molar-refractivity contribution in [2.75, 3.05) is 0 Å². The number of rotatable bonds is 9. The molecule has 146 valence electrons. The standard InChI is InChI=1S/C24H34N2O/c1-18(2)24(26,19(3)4)17-11-16-23(22(25)27,20-12-7-5-8-13-20)21-14-9-6-10-15-21/h5-10,12-15,18-19H,11,16-17,26H2,1-4H3,(H2,25,27). The van der Waals surface area contributed by atoms with E-state index in [1.54, 1.807) is 0 Å². The molecule has 0 unspecified atom stereocenters. The fraction of sp³-hybridized carbons (Fsp3) is 0.458. The molecule has 0 aliphatic heterocycles. The molecule has 0 aromatic heterocycles. The SMILES string of the molecule is CC(C)C(N)(CCCC(C(N)=O)(c1ccccc1)c1ccccc1)C(C)C. The van der Waals surface area contributed by atoms with Crippen LogP contribution < -0.4 is 11.5 Å². The quantitative estimate of drug-likeness (QED) is 0.679.